The van der Waals surface area contributed by atoms with E-state index in [-0.39, 0.29) is 0 Å². The van der Waals surface area contributed by atoms with Crippen LogP contribution in [0.2, 0.25) is 0 Å². The van der Waals surface area contributed by atoms with E-state index in [1.54, 1.807) is 0 Å². The second-order valence-corrected chi connectivity index (χ2v) is 3.92. The summed E-state index contributed by atoms with van der Waals surface area (Å²) < 4.78 is 9.33. The fraction of sp³-hybridized carbons (Fsp3) is 0.273. The van der Waals surface area contributed by atoms with Gasteiger partial charge < -0.3 is 10.5 Å². The Morgan fingerprint density at radius 1 is 1.25 bits per heavy atom. The van der Waals surface area contributed by atoms with E-state index in [4.69, 9.17) is 10.5 Å². The first kappa shape index (κ1) is 11.0. The molecule has 84 valence electrons. The minimum Gasteiger partial charge on any atom is -0.494 e. The molecule has 2 rings (SSSR count). The number of aromatic nitrogens is 2. The quantitative estimate of drug-likeness (QED) is 0.804. The van der Waals surface area contributed by atoms with Crippen molar-refractivity contribution in [3.63, 3.8) is 0 Å². The van der Waals surface area contributed by atoms with Gasteiger partial charge >= 0.3 is 0 Å². The van der Waals surface area contributed by atoms with Crippen LogP contribution in [0, 0.1) is 0 Å². The molecule has 0 aliphatic rings. The largest absolute Gasteiger partial charge is 0.494 e. The standard InChI is InChI=1S/C11H13N3OS/c12-6-1-7-15-10-4-2-9(3-5-10)11-8-16-14-13-11/h2-5,8H,1,6-7,12H2. The molecule has 0 amide bonds. The van der Waals surface area contributed by atoms with Crippen molar-refractivity contribution in [2.75, 3.05) is 13.2 Å². The molecule has 1 aromatic heterocycles. The van der Waals surface area contributed by atoms with Crippen molar-refractivity contribution in [2.45, 2.75) is 6.42 Å². The van der Waals surface area contributed by atoms with Crippen LogP contribution in [-0.2, 0) is 0 Å². The number of hydrogen-bond acceptors (Lipinski definition) is 5. The fourth-order valence-corrected chi connectivity index (χ4v) is 1.75. The first-order valence-electron chi connectivity index (χ1n) is 5.10. The van der Waals surface area contributed by atoms with Gasteiger partial charge in [-0.05, 0) is 48.8 Å². The molecule has 4 nitrogen and oxygen atoms in total. The first-order valence-corrected chi connectivity index (χ1v) is 5.94. The van der Waals surface area contributed by atoms with Crippen LogP contribution in [0.15, 0.2) is 29.6 Å². The van der Waals surface area contributed by atoms with Crippen molar-refractivity contribution in [3.05, 3.63) is 29.6 Å². The Bertz CT molecular complexity index is 413. The highest BCUT2D eigenvalue weighted by Gasteiger charge is 2.00. The van der Waals surface area contributed by atoms with Gasteiger partial charge in [0, 0.05) is 10.9 Å². The molecule has 2 aromatic rings. The summed E-state index contributed by atoms with van der Waals surface area (Å²) in [5.74, 6) is 0.861. The molecule has 2 N–H and O–H groups in total. The second-order valence-electron chi connectivity index (χ2n) is 3.31. The van der Waals surface area contributed by atoms with Crippen molar-refractivity contribution in [3.8, 4) is 17.0 Å². The van der Waals surface area contributed by atoms with Crippen molar-refractivity contribution in [1.82, 2.24) is 9.59 Å². The molecule has 0 fully saturated rings. The molecule has 16 heavy (non-hydrogen) atoms. The number of rotatable bonds is 5. The predicted octanol–water partition coefficient (Wildman–Crippen LogP) is 1.93. The summed E-state index contributed by atoms with van der Waals surface area (Å²) in [6.07, 6.45) is 0.873. The maximum Gasteiger partial charge on any atom is 0.119 e. The van der Waals surface area contributed by atoms with Crippen molar-refractivity contribution < 1.29 is 4.74 Å². The van der Waals surface area contributed by atoms with Crippen molar-refractivity contribution in [2.24, 2.45) is 5.73 Å². The monoisotopic (exact) mass is 235 g/mol. The highest BCUT2D eigenvalue weighted by Crippen LogP contribution is 2.21. The van der Waals surface area contributed by atoms with Gasteiger partial charge in [-0.25, -0.2) is 0 Å². The molecule has 0 aliphatic carbocycles. The van der Waals surface area contributed by atoms with Crippen LogP contribution in [0.3, 0.4) is 0 Å². The lowest BCUT2D eigenvalue weighted by Gasteiger charge is -2.05. The minimum absolute atomic E-state index is 0.655. The Kier molecular flexibility index (Phi) is 3.85. The minimum atomic E-state index is 0.655. The number of ether oxygens (including phenoxy) is 1. The SMILES string of the molecule is NCCCOc1ccc(-c2csnn2)cc1. The summed E-state index contributed by atoms with van der Waals surface area (Å²) in [5, 5.41) is 5.92. The summed E-state index contributed by atoms with van der Waals surface area (Å²) in [6, 6.07) is 7.83. The molecule has 1 aromatic carbocycles. The molecule has 0 saturated heterocycles. The third kappa shape index (κ3) is 2.77. The van der Waals surface area contributed by atoms with Gasteiger partial charge in [0.25, 0.3) is 0 Å². The molecule has 0 aliphatic heterocycles. The summed E-state index contributed by atoms with van der Waals surface area (Å²) in [7, 11) is 0. The van der Waals surface area contributed by atoms with E-state index in [9.17, 15) is 0 Å². The molecule has 5 heteroatoms. The van der Waals surface area contributed by atoms with E-state index in [1.165, 1.54) is 11.5 Å². The summed E-state index contributed by atoms with van der Waals surface area (Å²) in [5.41, 5.74) is 7.34. The van der Waals surface area contributed by atoms with Crippen LogP contribution in [0.4, 0.5) is 0 Å². The van der Waals surface area contributed by atoms with Crippen molar-refractivity contribution >= 4 is 11.5 Å². The third-order valence-electron chi connectivity index (χ3n) is 2.13. The number of hydrogen-bond donors (Lipinski definition) is 1. The molecular formula is C11H13N3OS. The average molecular weight is 235 g/mol. The number of nitrogens with two attached hydrogens (primary N) is 1. The lowest BCUT2D eigenvalue weighted by Crippen LogP contribution is -2.05. The van der Waals surface area contributed by atoms with Gasteiger partial charge in [0.05, 0.1) is 6.61 Å². The molecule has 0 bridgehead atoms. The van der Waals surface area contributed by atoms with E-state index in [1.807, 2.05) is 29.6 Å². The molecule has 1 heterocycles. The lowest BCUT2D eigenvalue weighted by molar-refractivity contribution is 0.313. The first-order chi connectivity index (χ1) is 7.90. The predicted molar refractivity (Wildman–Crippen MR) is 64.5 cm³/mol. The van der Waals surface area contributed by atoms with E-state index < -0.39 is 0 Å². The fourth-order valence-electron chi connectivity index (χ4n) is 1.29. The highest BCUT2D eigenvalue weighted by molar-refractivity contribution is 7.03. The Morgan fingerprint density at radius 2 is 2.06 bits per heavy atom. The molecule has 0 radical (unpaired) electrons. The summed E-state index contributed by atoms with van der Waals surface area (Å²) in [4.78, 5) is 0. The van der Waals surface area contributed by atoms with Crippen LogP contribution in [0.5, 0.6) is 5.75 Å². The van der Waals surface area contributed by atoms with Crippen molar-refractivity contribution in [1.29, 1.82) is 0 Å². The zero-order chi connectivity index (χ0) is 11.2. The Hall–Kier alpha value is -1.46. The lowest BCUT2D eigenvalue weighted by atomic mass is 10.2. The zero-order valence-electron chi connectivity index (χ0n) is 8.80. The van der Waals surface area contributed by atoms with E-state index in [0.29, 0.717) is 13.2 Å². The van der Waals surface area contributed by atoms with Gasteiger partial charge in [0.2, 0.25) is 0 Å². The van der Waals surface area contributed by atoms with E-state index in [2.05, 4.69) is 9.59 Å². The van der Waals surface area contributed by atoms with Crippen LogP contribution < -0.4 is 10.5 Å². The Balaban J connectivity index is 2.00. The highest BCUT2D eigenvalue weighted by atomic mass is 32.1. The van der Waals surface area contributed by atoms with Gasteiger partial charge in [-0.1, -0.05) is 4.49 Å². The Morgan fingerprint density at radius 3 is 2.69 bits per heavy atom. The Labute approximate surface area is 98.2 Å². The van der Waals surface area contributed by atoms with E-state index in [0.717, 1.165) is 23.4 Å². The zero-order valence-corrected chi connectivity index (χ0v) is 9.61. The average Bonchev–Trinajstić information content (AvgIpc) is 2.84. The van der Waals surface area contributed by atoms with Crippen LogP contribution in [-0.4, -0.2) is 22.7 Å². The van der Waals surface area contributed by atoms with Gasteiger partial charge in [-0.15, -0.1) is 5.10 Å². The van der Waals surface area contributed by atoms with Crippen LogP contribution in [0.25, 0.3) is 11.3 Å². The maximum atomic E-state index is 5.51. The van der Waals surface area contributed by atoms with Crippen LogP contribution in [0.1, 0.15) is 6.42 Å². The smallest absolute Gasteiger partial charge is 0.119 e. The molecular weight excluding hydrogens is 222 g/mol. The molecule has 0 unspecified atom stereocenters. The van der Waals surface area contributed by atoms with Gasteiger partial charge in [0.1, 0.15) is 11.4 Å². The number of benzene rings is 1. The molecule has 0 spiro atoms. The van der Waals surface area contributed by atoms with E-state index >= 15 is 0 Å². The summed E-state index contributed by atoms with van der Waals surface area (Å²) >= 11 is 1.35. The third-order valence-corrected chi connectivity index (χ3v) is 2.63. The van der Waals surface area contributed by atoms with Gasteiger partial charge in [0.15, 0.2) is 0 Å². The topological polar surface area (TPSA) is 61.0 Å². The van der Waals surface area contributed by atoms with Crippen LogP contribution >= 0.6 is 11.5 Å². The second kappa shape index (κ2) is 5.58. The van der Waals surface area contributed by atoms with Gasteiger partial charge in [-0.3, -0.25) is 0 Å². The molecule has 0 atom stereocenters. The maximum absolute atomic E-state index is 5.51. The summed E-state index contributed by atoms with van der Waals surface area (Å²) in [6.45, 7) is 1.32. The van der Waals surface area contributed by atoms with Gasteiger partial charge in [-0.2, -0.15) is 0 Å². The number of nitrogens with zero attached hydrogens (tertiary/aromatic N) is 2. The normalized spacial score (nSPS) is 10.3. The molecule has 0 saturated carbocycles.